The SMILES string of the molecule is CCC1CCC(NC2CC2(C)C)C1. The smallest absolute Gasteiger partial charge is 0.0127 e. The van der Waals surface area contributed by atoms with E-state index in [1.807, 2.05) is 0 Å². The topological polar surface area (TPSA) is 12.0 Å². The summed E-state index contributed by atoms with van der Waals surface area (Å²) in [6, 6.07) is 1.67. The van der Waals surface area contributed by atoms with Crippen molar-refractivity contribution in [1.29, 1.82) is 0 Å². The summed E-state index contributed by atoms with van der Waals surface area (Å²) in [6.07, 6.45) is 7.09. The maximum atomic E-state index is 3.81. The molecule has 2 aliphatic rings. The molecule has 0 saturated heterocycles. The summed E-state index contributed by atoms with van der Waals surface area (Å²) in [6.45, 7) is 7.07. The molecule has 0 aromatic heterocycles. The molecular formula is C12H23N. The highest BCUT2D eigenvalue weighted by Crippen LogP contribution is 2.45. The van der Waals surface area contributed by atoms with Gasteiger partial charge in [0, 0.05) is 12.1 Å². The Morgan fingerprint density at radius 2 is 2.00 bits per heavy atom. The molecule has 0 aromatic rings. The van der Waals surface area contributed by atoms with E-state index in [0.29, 0.717) is 5.41 Å². The van der Waals surface area contributed by atoms with Crippen LogP contribution in [0.3, 0.4) is 0 Å². The molecule has 1 N–H and O–H groups in total. The zero-order valence-corrected chi connectivity index (χ0v) is 9.27. The minimum Gasteiger partial charge on any atom is -0.311 e. The lowest BCUT2D eigenvalue weighted by Crippen LogP contribution is -2.30. The van der Waals surface area contributed by atoms with E-state index in [9.17, 15) is 0 Å². The van der Waals surface area contributed by atoms with Crippen molar-refractivity contribution in [1.82, 2.24) is 5.32 Å². The molecule has 0 spiro atoms. The van der Waals surface area contributed by atoms with Crippen LogP contribution in [0, 0.1) is 11.3 Å². The third kappa shape index (κ3) is 2.07. The van der Waals surface area contributed by atoms with Gasteiger partial charge in [0.05, 0.1) is 0 Å². The number of rotatable bonds is 3. The average molecular weight is 181 g/mol. The zero-order valence-electron chi connectivity index (χ0n) is 9.27. The summed E-state index contributed by atoms with van der Waals surface area (Å²) >= 11 is 0. The Kier molecular flexibility index (Phi) is 2.39. The monoisotopic (exact) mass is 181 g/mol. The third-order valence-corrected chi connectivity index (χ3v) is 4.07. The molecule has 0 bridgehead atoms. The molecule has 3 unspecified atom stereocenters. The first kappa shape index (κ1) is 9.51. The minimum atomic E-state index is 0.601. The van der Waals surface area contributed by atoms with E-state index in [0.717, 1.165) is 18.0 Å². The summed E-state index contributed by atoms with van der Waals surface area (Å²) in [5.74, 6) is 1.01. The molecule has 0 aromatic carbocycles. The van der Waals surface area contributed by atoms with E-state index in [1.165, 1.54) is 32.1 Å². The first-order valence-corrected chi connectivity index (χ1v) is 5.88. The predicted molar refractivity (Wildman–Crippen MR) is 56.7 cm³/mol. The van der Waals surface area contributed by atoms with Crippen LogP contribution in [-0.2, 0) is 0 Å². The standard InChI is InChI=1S/C12H23N/c1-4-9-5-6-10(7-9)13-11-8-12(11,2)3/h9-11,13H,4-8H2,1-3H3. The van der Waals surface area contributed by atoms with Crippen LogP contribution in [0.25, 0.3) is 0 Å². The first-order chi connectivity index (χ1) is 6.12. The molecule has 1 nitrogen and oxygen atoms in total. The molecular weight excluding hydrogens is 158 g/mol. The van der Waals surface area contributed by atoms with E-state index in [2.05, 4.69) is 26.1 Å². The van der Waals surface area contributed by atoms with Crippen molar-refractivity contribution in [2.45, 2.75) is 65.0 Å². The van der Waals surface area contributed by atoms with Gasteiger partial charge >= 0.3 is 0 Å². The highest BCUT2D eigenvalue weighted by molar-refractivity contribution is 5.03. The maximum Gasteiger partial charge on any atom is 0.0127 e. The van der Waals surface area contributed by atoms with Crippen molar-refractivity contribution < 1.29 is 0 Å². The van der Waals surface area contributed by atoms with Crippen molar-refractivity contribution in [3.63, 3.8) is 0 Å². The maximum absolute atomic E-state index is 3.81. The van der Waals surface area contributed by atoms with E-state index < -0.39 is 0 Å². The van der Waals surface area contributed by atoms with E-state index in [-0.39, 0.29) is 0 Å². The Hall–Kier alpha value is -0.0400. The Morgan fingerprint density at radius 3 is 2.46 bits per heavy atom. The molecule has 2 rings (SSSR count). The highest BCUT2D eigenvalue weighted by Gasteiger charge is 2.46. The van der Waals surface area contributed by atoms with Crippen molar-refractivity contribution in [2.75, 3.05) is 0 Å². The number of hydrogen-bond donors (Lipinski definition) is 1. The van der Waals surface area contributed by atoms with Crippen LogP contribution in [-0.4, -0.2) is 12.1 Å². The second-order valence-electron chi connectivity index (χ2n) is 5.70. The molecule has 0 amide bonds. The number of hydrogen-bond acceptors (Lipinski definition) is 1. The van der Waals surface area contributed by atoms with Crippen molar-refractivity contribution in [2.24, 2.45) is 11.3 Å². The van der Waals surface area contributed by atoms with Crippen LogP contribution in [0.4, 0.5) is 0 Å². The van der Waals surface area contributed by atoms with Crippen LogP contribution in [0.1, 0.15) is 52.9 Å². The van der Waals surface area contributed by atoms with Gasteiger partial charge in [0.1, 0.15) is 0 Å². The number of nitrogens with one attached hydrogen (secondary N) is 1. The van der Waals surface area contributed by atoms with Gasteiger partial charge in [-0.2, -0.15) is 0 Å². The van der Waals surface area contributed by atoms with Crippen molar-refractivity contribution in [3.8, 4) is 0 Å². The van der Waals surface area contributed by atoms with Crippen LogP contribution in [0.2, 0.25) is 0 Å². The van der Waals surface area contributed by atoms with Gasteiger partial charge in [-0.3, -0.25) is 0 Å². The largest absolute Gasteiger partial charge is 0.311 e. The molecule has 13 heavy (non-hydrogen) atoms. The first-order valence-electron chi connectivity index (χ1n) is 5.88. The lowest BCUT2D eigenvalue weighted by Gasteiger charge is -2.14. The van der Waals surface area contributed by atoms with Gasteiger partial charge in [0.2, 0.25) is 0 Å². The van der Waals surface area contributed by atoms with E-state index in [1.54, 1.807) is 0 Å². The average Bonchev–Trinajstić information content (AvgIpc) is 2.48. The Morgan fingerprint density at radius 1 is 1.31 bits per heavy atom. The van der Waals surface area contributed by atoms with Crippen molar-refractivity contribution in [3.05, 3.63) is 0 Å². The van der Waals surface area contributed by atoms with Crippen molar-refractivity contribution >= 4 is 0 Å². The van der Waals surface area contributed by atoms with Crippen LogP contribution >= 0.6 is 0 Å². The van der Waals surface area contributed by atoms with Gasteiger partial charge in [0.15, 0.2) is 0 Å². The summed E-state index contributed by atoms with van der Waals surface area (Å²) in [5.41, 5.74) is 0.601. The fraction of sp³-hybridized carbons (Fsp3) is 1.00. The van der Waals surface area contributed by atoms with Gasteiger partial charge in [-0.1, -0.05) is 27.2 Å². The lowest BCUT2D eigenvalue weighted by molar-refractivity contribution is 0.443. The fourth-order valence-electron chi connectivity index (χ4n) is 2.63. The minimum absolute atomic E-state index is 0.601. The molecule has 0 aliphatic heterocycles. The normalized spacial score (nSPS) is 42.2. The quantitative estimate of drug-likeness (QED) is 0.706. The van der Waals surface area contributed by atoms with Crippen LogP contribution < -0.4 is 5.32 Å². The predicted octanol–water partition coefficient (Wildman–Crippen LogP) is 2.95. The van der Waals surface area contributed by atoms with E-state index >= 15 is 0 Å². The molecule has 2 fully saturated rings. The Balaban J connectivity index is 1.73. The second-order valence-corrected chi connectivity index (χ2v) is 5.70. The van der Waals surface area contributed by atoms with Gasteiger partial charge in [-0.25, -0.2) is 0 Å². The summed E-state index contributed by atoms with van der Waals surface area (Å²) < 4.78 is 0. The lowest BCUT2D eigenvalue weighted by atomic mass is 10.1. The van der Waals surface area contributed by atoms with Crippen LogP contribution in [0.15, 0.2) is 0 Å². The third-order valence-electron chi connectivity index (χ3n) is 4.07. The molecule has 2 aliphatic carbocycles. The Bertz CT molecular complexity index is 186. The van der Waals surface area contributed by atoms with Gasteiger partial charge in [-0.15, -0.1) is 0 Å². The highest BCUT2D eigenvalue weighted by atomic mass is 15.0. The molecule has 0 radical (unpaired) electrons. The molecule has 2 saturated carbocycles. The van der Waals surface area contributed by atoms with Crippen LogP contribution in [0.5, 0.6) is 0 Å². The molecule has 1 heteroatoms. The van der Waals surface area contributed by atoms with E-state index in [4.69, 9.17) is 0 Å². The van der Waals surface area contributed by atoms with Gasteiger partial charge < -0.3 is 5.32 Å². The fourth-order valence-corrected chi connectivity index (χ4v) is 2.63. The molecule has 76 valence electrons. The molecule has 0 heterocycles. The summed E-state index contributed by atoms with van der Waals surface area (Å²) in [5, 5.41) is 3.81. The summed E-state index contributed by atoms with van der Waals surface area (Å²) in [7, 11) is 0. The van der Waals surface area contributed by atoms with Gasteiger partial charge in [-0.05, 0) is 37.0 Å². The molecule has 3 atom stereocenters. The zero-order chi connectivity index (χ0) is 9.47. The summed E-state index contributed by atoms with van der Waals surface area (Å²) in [4.78, 5) is 0. The second kappa shape index (κ2) is 3.27. The van der Waals surface area contributed by atoms with Gasteiger partial charge in [0.25, 0.3) is 0 Å². The Labute approximate surface area is 82.3 Å².